The minimum Gasteiger partial charge on any atom is -0.396 e. The summed E-state index contributed by atoms with van der Waals surface area (Å²) in [6, 6.07) is 4.35. The Kier molecular flexibility index (Phi) is 6.41. The van der Waals surface area contributed by atoms with E-state index in [1.54, 1.807) is 7.11 Å². The molecule has 0 aliphatic carbocycles. The average molecular weight is 283 g/mol. The molecule has 0 fully saturated rings. The first-order chi connectivity index (χ1) is 9.43. The number of nitrogens with one attached hydrogen (secondary N) is 1. The number of anilines is 2. The summed E-state index contributed by atoms with van der Waals surface area (Å²) in [5.41, 5.74) is 5.97. The van der Waals surface area contributed by atoms with Gasteiger partial charge in [-0.1, -0.05) is 0 Å². The van der Waals surface area contributed by atoms with Gasteiger partial charge >= 0.3 is 0 Å². The van der Waals surface area contributed by atoms with E-state index in [0.717, 1.165) is 0 Å². The Morgan fingerprint density at radius 2 is 2.20 bits per heavy atom. The Labute approximate surface area is 118 Å². The standard InChI is InChI=1S/C14H22FN3O2/c1-10(2)18(6-7-20-3)9-14(19)17-11-4-5-12(15)13(16)8-11/h4-5,8,10H,6-7,9,16H2,1-3H3,(H,17,19). The zero-order chi connectivity index (χ0) is 15.1. The molecular weight excluding hydrogens is 261 g/mol. The van der Waals surface area contributed by atoms with Crippen molar-refractivity contribution in [2.75, 3.05) is 37.9 Å². The topological polar surface area (TPSA) is 67.6 Å². The second-order valence-electron chi connectivity index (χ2n) is 4.84. The molecule has 0 aliphatic rings. The highest BCUT2D eigenvalue weighted by Crippen LogP contribution is 2.16. The minimum absolute atomic E-state index is 0.0166. The molecule has 1 rings (SSSR count). The Hall–Kier alpha value is -1.66. The van der Waals surface area contributed by atoms with Crippen LogP contribution < -0.4 is 11.1 Å². The third kappa shape index (κ3) is 5.14. The van der Waals surface area contributed by atoms with Crippen LogP contribution in [0, 0.1) is 5.82 Å². The van der Waals surface area contributed by atoms with Crippen LogP contribution in [0.25, 0.3) is 0 Å². The summed E-state index contributed by atoms with van der Waals surface area (Å²) in [7, 11) is 1.62. The summed E-state index contributed by atoms with van der Waals surface area (Å²) < 4.78 is 18.1. The number of halogens is 1. The molecule has 0 saturated heterocycles. The number of ether oxygens (including phenoxy) is 1. The van der Waals surface area contributed by atoms with Crippen LogP contribution in [0.4, 0.5) is 15.8 Å². The van der Waals surface area contributed by atoms with Crippen molar-refractivity contribution >= 4 is 17.3 Å². The average Bonchev–Trinajstić information content (AvgIpc) is 2.38. The zero-order valence-electron chi connectivity index (χ0n) is 12.1. The summed E-state index contributed by atoms with van der Waals surface area (Å²) in [5.74, 6) is -0.660. The lowest BCUT2D eigenvalue weighted by molar-refractivity contribution is -0.117. The largest absolute Gasteiger partial charge is 0.396 e. The molecule has 0 unspecified atom stereocenters. The van der Waals surface area contributed by atoms with Gasteiger partial charge in [0, 0.05) is 25.4 Å². The van der Waals surface area contributed by atoms with Crippen LogP contribution in [0.5, 0.6) is 0 Å². The first kappa shape index (κ1) is 16.4. The van der Waals surface area contributed by atoms with E-state index in [0.29, 0.717) is 18.8 Å². The molecule has 0 heterocycles. The van der Waals surface area contributed by atoms with Crippen LogP contribution in [-0.4, -0.2) is 43.7 Å². The molecule has 6 heteroatoms. The number of carbonyl (C=O) groups is 1. The Morgan fingerprint density at radius 1 is 1.50 bits per heavy atom. The van der Waals surface area contributed by atoms with Crippen LogP contribution >= 0.6 is 0 Å². The van der Waals surface area contributed by atoms with Gasteiger partial charge < -0.3 is 15.8 Å². The van der Waals surface area contributed by atoms with E-state index in [9.17, 15) is 9.18 Å². The molecule has 112 valence electrons. The molecule has 0 aliphatic heterocycles. The second kappa shape index (κ2) is 7.81. The van der Waals surface area contributed by atoms with Gasteiger partial charge in [0.1, 0.15) is 5.82 Å². The lowest BCUT2D eigenvalue weighted by atomic mass is 10.2. The minimum atomic E-state index is -0.494. The molecule has 1 aromatic carbocycles. The van der Waals surface area contributed by atoms with Gasteiger partial charge in [-0.05, 0) is 32.0 Å². The van der Waals surface area contributed by atoms with E-state index in [4.69, 9.17) is 10.5 Å². The number of hydrogen-bond donors (Lipinski definition) is 2. The van der Waals surface area contributed by atoms with E-state index in [1.807, 2.05) is 18.7 Å². The van der Waals surface area contributed by atoms with Gasteiger partial charge in [0.25, 0.3) is 0 Å². The van der Waals surface area contributed by atoms with Crippen molar-refractivity contribution in [1.82, 2.24) is 4.90 Å². The molecule has 1 aromatic rings. The molecule has 0 bridgehead atoms. The fraction of sp³-hybridized carbons (Fsp3) is 0.500. The molecule has 0 aromatic heterocycles. The first-order valence-corrected chi connectivity index (χ1v) is 6.52. The Balaban J connectivity index is 2.58. The van der Waals surface area contributed by atoms with Crippen molar-refractivity contribution in [3.8, 4) is 0 Å². The van der Waals surface area contributed by atoms with Crippen LogP contribution in [0.3, 0.4) is 0 Å². The number of methoxy groups -OCH3 is 1. The van der Waals surface area contributed by atoms with Gasteiger partial charge in [-0.3, -0.25) is 9.69 Å². The van der Waals surface area contributed by atoms with Gasteiger partial charge in [-0.15, -0.1) is 0 Å². The first-order valence-electron chi connectivity index (χ1n) is 6.52. The predicted molar refractivity (Wildman–Crippen MR) is 78.0 cm³/mol. The normalized spacial score (nSPS) is 11.1. The van der Waals surface area contributed by atoms with Crippen molar-refractivity contribution in [3.63, 3.8) is 0 Å². The maximum atomic E-state index is 13.0. The monoisotopic (exact) mass is 283 g/mol. The number of amides is 1. The van der Waals surface area contributed by atoms with Crippen LogP contribution in [0.1, 0.15) is 13.8 Å². The number of nitrogens with two attached hydrogens (primary N) is 1. The fourth-order valence-electron chi connectivity index (χ4n) is 1.73. The number of nitrogen functional groups attached to an aromatic ring is 1. The van der Waals surface area contributed by atoms with Crippen molar-refractivity contribution in [3.05, 3.63) is 24.0 Å². The smallest absolute Gasteiger partial charge is 0.238 e. The van der Waals surface area contributed by atoms with Gasteiger partial charge in [0.15, 0.2) is 0 Å². The summed E-state index contributed by atoms with van der Waals surface area (Å²) >= 11 is 0. The third-order valence-corrected chi connectivity index (χ3v) is 2.94. The lowest BCUT2D eigenvalue weighted by Gasteiger charge is -2.25. The molecule has 5 nitrogen and oxygen atoms in total. The second-order valence-corrected chi connectivity index (χ2v) is 4.84. The maximum absolute atomic E-state index is 13.0. The number of benzene rings is 1. The molecule has 0 saturated carbocycles. The van der Waals surface area contributed by atoms with Crippen LogP contribution in [0.15, 0.2) is 18.2 Å². The fourth-order valence-corrected chi connectivity index (χ4v) is 1.73. The quantitative estimate of drug-likeness (QED) is 0.747. The van der Waals surface area contributed by atoms with E-state index in [1.165, 1.54) is 18.2 Å². The highest BCUT2D eigenvalue weighted by molar-refractivity contribution is 5.92. The van der Waals surface area contributed by atoms with Gasteiger partial charge in [0.2, 0.25) is 5.91 Å². The van der Waals surface area contributed by atoms with Crippen LogP contribution in [0.2, 0.25) is 0 Å². The van der Waals surface area contributed by atoms with E-state index in [2.05, 4.69) is 5.32 Å². The molecular formula is C14H22FN3O2. The van der Waals surface area contributed by atoms with Crippen molar-refractivity contribution < 1.29 is 13.9 Å². The van der Waals surface area contributed by atoms with Crippen molar-refractivity contribution in [2.24, 2.45) is 0 Å². The third-order valence-electron chi connectivity index (χ3n) is 2.94. The zero-order valence-corrected chi connectivity index (χ0v) is 12.1. The molecule has 0 spiro atoms. The van der Waals surface area contributed by atoms with E-state index in [-0.39, 0.29) is 24.2 Å². The molecule has 1 amide bonds. The van der Waals surface area contributed by atoms with Gasteiger partial charge in [0.05, 0.1) is 18.8 Å². The number of hydrogen-bond acceptors (Lipinski definition) is 4. The van der Waals surface area contributed by atoms with E-state index >= 15 is 0 Å². The van der Waals surface area contributed by atoms with Gasteiger partial charge in [-0.2, -0.15) is 0 Å². The lowest BCUT2D eigenvalue weighted by Crippen LogP contribution is -2.40. The molecule has 0 radical (unpaired) electrons. The molecule has 20 heavy (non-hydrogen) atoms. The maximum Gasteiger partial charge on any atom is 0.238 e. The highest BCUT2D eigenvalue weighted by atomic mass is 19.1. The number of nitrogens with zero attached hydrogens (tertiary/aromatic N) is 1. The summed E-state index contributed by atoms with van der Waals surface area (Å²) in [6.45, 7) is 5.51. The summed E-state index contributed by atoms with van der Waals surface area (Å²) in [6.07, 6.45) is 0. The van der Waals surface area contributed by atoms with Crippen LogP contribution in [-0.2, 0) is 9.53 Å². The highest BCUT2D eigenvalue weighted by Gasteiger charge is 2.14. The molecule has 3 N–H and O–H groups in total. The SMILES string of the molecule is COCCN(CC(=O)Nc1ccc(F)c(N)c1)C(C)C. The predicted octanol–water partition coefficient (Wildman–Crippen LogP) is 1.70. The summed E-state index contributed by atoms with van der Waals surface area (Å²) in [5, 5.41) is 2.70. The molecule has 0 atom stereocenters. The number of carbonyl (C=O) groups excluding carboxylic acids is 1. The Bertz CT molecular complexity index is 452. The van der Waals surface area contributed by atoms with Crippen molar-refractivity contribution in [2.45, 2.75) is 19.9 Å². The summed E-state index contributed by atoms with van der Waals surface area (Å²) in [4.78, 5) is 14.0. The van der Waals surface area contributed by atoms with E-state index < -0.39 is 5.82 Å². The van der Waals surface area contributed by atoms with Gasteiger partial charge in [-0.25, -0.2) is 4.39 Å². The van der Waals surface area contributed by atoms with Crippen molar-refractivity contribution in [1.29, 1.82) is 0 Å². The Morgan fingerprint density at radius 3 is 2.75 bits per heavy atom. The number of rotatable bonds is 7.